The molecule has 0 heterocycles. The topological polar surface area (TPSA) is 363 Å². The maximum absolute atomic E-state index is 11.7. The summed E-state index contributed by atoms with van der Waals surface area (Å²) in [5, 5.41) is -7.61. The molecule has 24 nitrogen and oxygen atoms in total. The van der Waals surface area contributed by atoms with E-state index in [1.807, 2.05) is 5.92 Å². The normalized spacial score (nSPS) is 11.9. The molecule has 2 unspecified atom stereocenters. The van der Waals surface area contributed by atoms with Gasteiger partial charge in [0, 0.05) is 0 Å². The lowest BCUT2D eigenvalue weighted by Crippen LogP contribution is -2.36. The zero-order valence-electron chi connectivity index (χ0n) is 45.3. The lowest BCUT2D eigenvalue weighted by molar-refractivity contribution is -0.134. The van der Waals surface area contributed by atoms with Gasteiger partial charge in [0.25, 0.3) is 6.08 Å². The maximum Gasteiger partial charge on any atom is 0.410 e. The van der Waals surface area contributed by atoms with Gasteiger partial charge >= 0.3 is 104 Å². The van der Waals surface area contributed by atoms with Gasteiger partial charge in [-0.1, -0.05) is 50.0 Å². The molecule has 0 aliphatic carbocycles. The first-order chi connectivity index (χ1) is 40.5. The smallest absolute Gasteiger partial charge is 0.410 e. The third-order valence-corrected chi connectivity index (χ3v) is 11.2. The summed E-state index contributed by atoms with van der Waals surface area (Å²) < 4.78 is 426. The Morgan fingerprint density at radius 3 is 0.956 bits per heavy atom. The number of hydrogen-bond acceptors (Lipinski definition) is 24. The van der Waals surface area contributed by atoms with E-state index in [2.05, 4.69) is 81.3 Å². The lowest BCUT2D eigenvalue weighted by atomic mass is 10.3. The second-order valence-electron chi connectivity index (χ2n) is 12.7. The van der Waals surface area contributed by atoms with Crippen LogP contribution in [0.4, 0.5) is 87.9 Å². The number of allylic oxidation sites excluding steroid dienone is 1. The van der Waals surface area contributed by atoms with Crippen molar-refractivity contribution in [3.8, 4) is 12.3 Å². The van der Waals surface area contributed by atoms with Gasteiger partial charge in [0.15, 0.2) is 5.94 Å². The highest BCUT2D eigenvalue weighted by atomic mass is 32.3. The Morgan fingerprint density at radius 2 is 0.802 bits per heavy atom. The molecule has 0 fully saturated rings. The van der Waals surface area contributed by atoms with Gasteiger partial charge in [-0.3, -0.25) is 0 Å². The van der Waals surface area contributed by atoms with Crippen molar-refractivity contribution < 1.29 is 193 Å². The van der Waals surface area contributed by atoms with Crippen molar-refractivity contribution in [1.29, 1.82) is 0 Å². The standard InChI is InChI=1S/C5H9FO3S.C5H9FO2S.2C4H7FO3S.2C3H3F5O2S.C3H5FO3S.C3H5FO.C3H3FO.C2HF3O2S.C2H3FO2S/c1-2-3-9-4-5-10(6,7)8;1-2-3-4-5-9(6,7)8;1-2-8-3-4-9(5,6)7;1-2-3-8-4-9(5,6)7;2*4-1-2(3(5,6)7)11(8,9)10;1-2-7-3-8(4,5)6;2*1-2-3-5-4;3-2(4)1-8(5,6)7;1-2-6(3,4)5/h2H,1,3-5H2;2H,1,3-5H2;2*2H,1,3-4H2;2*2H,1H2;2H,1,3H2;2H,1,3H2;1H,3H2;1H;2H,1H2. The number of unbranched alkanes of at least 4 members (excludes halogenated alkanes) is 1. The molecule has 0 amide bonds. The Morgan fingerprint density at radius 1 is 0.462 bits per heavy atom. The number of hydrogen-bond donors (Lipinski definition) is 0. The van der Waals surface area contributed by atoms with Gasteiger partial charge in [0.2, 0.25) is 16.4 Å². The summed E-state index contributed by atoms with van der Waals surface area (Å²) in [4.78, 5) is 6.03. The quantitative estimate of drug-likeness (QED) is 0.0169. The number of alkyl halides is 8. The predicted octanol–water partition coefficient (Wildman–Crippen LogP) is 8.45. The summed E-state index contributed by atoms with van der Waals surface area (Å²) in [6, 6.07) is 0. The minimum atomic E-state index is -5.87. The van der Waals surface area contributed by atoms with Crippen molar-refractivity contribution >= 4 is 92.0 Å². The van der Waals surface area contributed by atoms with E-state index >= 15 is 0 Å². The molecule has 91 heavy (non-hydrogen) atoms. The second-order valence-corrected chi connectivity index (χ2v) is 25.3. The molecule has 0 radical (unpaired) electrons. The second kappa shape index (κ2) is 60.0. The van der Waals surface area contributed by atoms with E-state index in [9.17, 15) is 164 Å². The van der Waals surface area contributed by atoms with Crippen molar-refractivity contribution in [2.45, 2.75) is 35.7 Å². The number of ether oxygens (including phenoxy) is 4. The molecule has 54 heteroatoms. The fraction of sp³-hybridized carbons (Fsp3) is 0.514. The molecule has 548 valence electrons. The molecule has 0 aromatic rings. The predicted molar refractivity (Wildman–Crippen MR) is 284 cm³/mol. The van der Waals surface area contributed by atoms with Crippen LogP contribution in [0.2, 0.25) is 0 Å². The fourth-order valence-corrected chi connectivity index (χ4v) is 4.97. The largest absolute Gasteiger partial charge is 0.501 e. The maximum atomic E-state index is 11.7. The number of rotatable bonds is 29. The lowest BCUT2D eigenvalue weighted by Gasteiger charge is -2.11. The highest BCUT2D eigenvalue weighted by molar-refractivity contribution is 7.90. The Labute approximate surface area is 512 Å². The molecular formula is C37H55F21O24S9. The first-order valence-electron chi connectivity index (χ1n) is 20.7. The van der Waals surface area contributed by atoms with Gasteiger partial charge in [-0.15, -0.1) is 67.7 Å². The van der Waals surface area contributed by atoms with E-state index in [1.54, 1.807) is 6.08 Å². The monoisotopic (exact) mass is 1570 g/mol. The van der Waals surface area contributed by atoms with Crippen LogP contribution in [0.3, 0.4) is 0 Å². The molecule has 0 rings (SSSR count). The molecule has 0 aromatic heterocycles. The average Bonchev–Trinajstić information content (AvgIpc) is 1.03. The van der Waals surface area contributed by atoms with Crippen LogP contribution in [-0.2, 0) is 121 Å². The fourth-order valence-electron chi connectivity index (χ4n) is 2.14. The van der Waals surface area contributed by atoms with Crippen molar-refractivity contribution in [3.05, 3.63) is 99.8 Å². The zero-order valence-corrected chi connectivity index (χ0v) is 52.7. The minimum absolute atomic E-state index is 0.0139. The molecular weight excluding hydrogens is 1520 g/mol. The van der Waals surface area contributed by atoms with Crippen molar-refractivity contribution in [2.75, 3.05) is 82.1 Å². The third kappa shape index (κ3) is 139. The molecule has 0 saturated heterocycles. The Bertz CT molecular complexity index is 2940. The highest BCUT2D eigenvalue weighted by Crippen LogP contribution is 2.28. The molecule has 0 aliphatic heterocycles. The summed E-state index contributed by atoms with van der Waals surface area (Å²) in [6.07, 6.45) is -0.330. The highest BCUT2D eigenvalue weighted by Gasteiger charge is 2.50. The summed E-state index contributed by atoms with van der Waals surface area (Å²) in [6.45, 7) is 17.1. The minimum Gasteiger partial charge on any atom is -0.501 e. The molecule has 0 aliphatic rings. The van der Waals surface area contributed by atoms with Gasteiger partial charge in [0.1, 0.15) is 50.1 Å². The van der Waals surface area contributed by atoms with Crippen LogP contribution in [0.25, 0.3) is 0 Å². The van der Waals surface area contributed by atoms with E-state index in [0.717, 1.165) is 12.5 Å². The first kappa shape index (κ1) is 110. The SMILES string of the molecule is C#CCOF.C=CCCCS(=O)(=O)F.C=CCOCCS(=O)(=O)F.C=CCOCS(=O)(=O)F.C=CCOF.C=COCCS(=O)(=O)F.C=COCS(=O)(=O)F.C=CS(=O)(=O)F.O=S(=O)(F)C(CF)C(F)(F)F.O=S(=O)(F)C(CF)C(F)(F)F.O=S(=O)(F)C=C(F)F. The van der Waals surface area contributed by atoms with Crippen LogP contribution in [0.15, 0.2) is 99.8 Å². The summed E-state index contributed by atoms with van der Waals surface area (Å²) in [7, 11) is -43.2. The van der Waals surface area contributed by atoms with Crippen molar-refractivity contribution in [3.63, 3.8) is 0 Å². The summed E-state index contributed by atoms with van der Waals surface area (Å²) >= 11 is 0. The van der Waals surface area contributed by atoms with Crippen molar-refractivity contribution in [1.82, 2.24) is 0 Å². The Kier molecular flexibility index (Phi) is 72.8. The molecule has 0 spiro atoms. The Balaban J connectivity index is -0.0000000866. The van der Waals surface area contributed by atoms with E-state index in [-0.39, 0.29) is 50.8 Å². The van der Waals surface area contributed by atoms with Crippen LogP contribution in [0.5, 0.6) is 0 Å². The van der Waals surface area contributed by atoms with Crippen LogP contribution >= 0.6 is 0 Å². The van der Waals surface area contributed by atoms with E-state index < -0.39 is 163 Å². The molecule has 0 saturated carbocycles. The van der Waals surface area contributed by atoms with Crippen LogP contribution in [-0.4, -0.2) is 181 Å². The third-order valence-electron chi connectivity index (χ3n) is 5.29. The Hall–Kier alpha value is -5.00. The molecule has 0 bridgehead atoms. The van der Waals surface area contributed by atoms with Gasteiger partial charge in [-0.25, -0.2) is 8.78 Å². The van der Waals surface area contributed by atoms with Crippen LogP contribution in [0, 0.1) is 12.3 Å². The molecule has 2 atom stereocenters. The van der Waals surface area contributed by atoms with Gasteiger partial charge in [0.05, 0.1) is 43.5 Å². The van der Waals surface area contributed by atoms with Crippen molar-refractivity contribution in [2.24, 2.45) is 0 Å². The van der Waals surface area contributed by atoms with Gasteiger partial charge < -0.3 is 18.9 Å². The van der Waals surface area contributed by atoms with Crippen LogP contribution < -0.4 is 0 Å². The molecule has 0 N–H and O–H groups in total. The average molecular weight is 1570 g/mol. The summed E-state index contributed by atoms with van der Waals surface area (Å²) in [5.41, 5.74) is 0. The van der Waals surface area contributed by atoms with Crippen LogP contribution in [0.1, 0.15) is 12.8 Å². The summed E-state index contributed by atoms with van der Waals surface area (Å²) in [5.74, 6) is -1.50. The van der Waals surface area contributed by atoms with Gasteiger partial charge in [-0.05, 0) is 21.9 Å². The van der Waals surface area contributed by atoms with E-state index in [4.69, 9.17) is 0 Å². The number of terminal acetylenes is 1. The zero-order chi connectivity index (χ0) is 75.4. The van der Waals surface area contributed by atoms with E-state index in [1.165, 1.54) is 18.2 Å². The van der Waals surface area contributed by atoms with Gasteiger partial charge in [-0.2, -0.15) is 121 Å². The van der Waals surface area contributed by atoms with E-state index in [0.29, 0.717) is 12.8 Å². The first-order valence-corrected chi connectivity index (χ1v) is 34.3. The molecule has 0 aromatic carbocycles. The number of halogens is 21.